The zero-order valence-corrected chi connectivity index (χ0v) is 9.39. The van der Waals surface area contributed by atoms with Gasteiger partial charge >= 0.3 is 5.97 Å². The van der Waals surface area contributed by atoms with E-state index >= 15 is 0 Å². The molecule has 72 valence electrons. The number of fused-ring (bicyclic) bond motifs is 1. The Morgan fingerprint density at radius 3 is 2.69 bits per heavy atom. The molecule has 0 spiro atoms. The number of hydrogen-bond donors (Lipinski definition) is 1. The van der Waals surface area contributed by atoms with Gasteiger partial charge in [-0.05, 0) is 24.2 Å². The molecule has 13 heavy (non-hydrogen) atoms. The molecule has 1 N–H and O–H groups in total. The molecule has 0 heterocycles. The van der Waals surface area contributed by atoms with Crippen molar-refractivity contribution in [1.82, 2.24) is 0 Å². The molecular formula is C10H13BrO2. The van der Waals surface area contributed by atoms with Crippen LogP contribution >= 0.6 is 15.9 Å². The SMILES string of the molecule is C[C@@]1(C(=O)O)CC[C@@H]2C(Br)=C[C@@]21C. The number of carboxylic acids is 1. The van der Waals surface area contributed by atoms with Gasteiger partial charge in [-0.3, -0.25) is 4.79 Å². The Labute approximate surface area is 86.1 Å². The average molecular weight is 245 g/mol. The Morgan fingerprint density at radius 1 is 1.69 bits per heavy atom. The molecule has 1 fully saturated rings. The van der Waals surface area contributed by atoms with Crippen LogP contribution in [0.1, 0.15) is 26.7 Å². The Bertz CT molecular complexity index is 310. The summed E-state index contributed by atoms with van der Waals surface area (Å²) in [5.74, 6) is -0.220. The van der Waals surface area contributed by atoms with Gasteiger partial charge in [-0.25, -0.2) is 0 Å². The molecule has 2 aliphatic carbocycles. The Balaban J connectivity index is 2.42. The van der Waals surface area contributed by atoms with E-state index in [4.69, 9.17) is 0 Å². The monoisotopic (exact) mass is 244 g/mol. The van der Waals surface area contributed by atoms with E-state index in [2.05, 4.69) is 28.9 Å². The molecule has 0 bridgehead atoms. The molecule has 1 saturated carbocycles. The number of carboxylic acid groups (broad SMARTS) is 1. The lowest BCUT2D eigenvalue weighted by Gasteiger charge is -2.46. The van der Waals surface area contributed by atoms with Crippen LogP contribution in [-0.4, -0.2) is 11.1 Å². The first kappa shape index (κ1) is 9.25. The smallest absolute Gasteiger partial charge is 0.310 e. The van der Waals surface area contributed by atoms with Gasteiger partial charge in [0.25, 0.3) is 0 Å². The van der Waals surface area contributed by atoms with Crippen molar-refractivity contribution in [1.29, 1.82) is 0 Å². The van der Waals surface area contributed by atoms with Crippen LogP contribution in [0.5, 0.6) is 0 Å². The van der Waals surface area contributed by atoms with E-state index in [1.807, 2.05) is 6.92 Å². The van der Waals surface area contributed by atoms with Crippen LogP contribution in [0.25, 0.3) is 0 Å². The molecule has 2 nitrogen and oxygen atoms in total. The lowest BCUT2D eigenvalue weighted by molar-refractivity contribution is -0.153. The molecule has 0 amide bonds. The highest BCUT2D eigenvalue weighted by Crippen LogP contribution is 2.66. The molecule has 0 aromatic carbocycles. The zero-order valence-electron chi connectivity index (χ0n) is 7.80. The predicted molar refractivity (Wildman–Crippen MR) is 53.6 cm³/mol. The van der Waals surface area contributed by atoms with Gasteiger partial charge in [-0.15, -0.1) is 0 Å². The van der Waals surface area contributed by atoms with Crippen molar-refractivity contribution >= 4 is 21.9 Å². The van der Waals surface area contributed by atoms with Crippen molar-refractivity contribution in [3.05, 3.63) is 10.6 Å². The van der Waals surface area contributed by atoms with Crippen LogP contribution < -0.4 is 0 Å². The molecule has 0 aliphatic heterocycles. The molecule has 3 heteroatoms. The molecule has 0 saturated heterocycles. The normalized spacial score (nSPS) is 47.9. The fourth-order valence-electron chi connectivity index (χ4n) is 2.70. The predicted octanol–water partition coefficient (Wildman–Crippen LogP) is 2.79. The Kier molecular flexibility index (Phi) is 1.69. The molecule has 2 aliphatic rings. The van der Waals surface area contributed by atoms with Gasteiger partial charge in [0.05, 0.1) is 5.41 Å². The lowest BCUT2D eigenvalue weighted by atomic mass is 9.59. The van der Waals surface area contributed by atoms with Crippen molar-refractivity contribution in [2.75, 3.05) is 0 Å². The third-order valence-electron chi connectivity index (χ3n) is 4.09. The standard InChI is InChI=1S/C10H13BrO2/c1-9(8(12)13)4-3-6-7(11)5-10(6,9)2/h5-6H,3-4H2,1-2H3,(H,12,13)/t6-,9+,10+/m1/s1. The van der Waals surface area contributed by atoms with Crippen molar-refractivity contribution < 1.29 is 9.90 Å². The van der Waals surface area contributed by atoms with Crippen LogP contribution in [0.2, 0.25) is 0 Å². The number of carbonyl (C=O) groups is 1. The Hall–Kier alpha value is -0.310. The fourth-order valence-corrected chi connectivity index (χ4v) is 3.88. The second-order valence-corrected chi connectivity index (χ2v) is 5.46. The molecule has 0 aromatic heterocycles. The number of hydrogen-bond acceptors (Lipinski definition) is 1. The molecule has 3 atom stereocenters. The van der Waals surface area contributed by atoms with E-state index in [1.165, 1.54) is 4.48 Å². The minimum Gasteiger partial charge on any atom is -0.481 e. The fraction of sp³-hybridized carbons (Fsp3) is 0.700. The third kappa shape index (κ3) is 0.862. The summed E-state index contributed by atoms with van der Waals surface area (Å²) in [6.07, 6.45) is 3.85. The highest BCUT2D eigenvalue weighted by atomic mass is 79.9. The van der Waals surface area contributed by atoms with Gasteiger partial charge in [0.2, 0.25) is 0 Å². The van der Waals surface area contributed by atoms with Crippen molar-refractivity contribution in [3.8, 4) is 0 Å². The van der Waals surface area contributed by atoms with Gasteiger partial charge in [0, 0.05) is 11.3 Å². The van der Waals surface area contributed by atoms with Gasteiger partial charge in [-0.2, -0.15) is 0 Å². The van der Waals surface area contributed by atoms with Crippen LogP contribution in [0.4, 0.5) is 0 Å². The van der Waals surface area contributed by atoms with E-state index in [9.17, 15) is 9.90 Å². The van der Waals surface area contributed by atoms with Crippen LogP contribution in [-0.2, 0) is 4.79 Å². The maximum atomic E-state index is 11.2. The van der Waals surface area contributed by atoms with Crippen molar-refractivity contribution in [2.24, 2.45) is 16.7 Å². The number of rotatable bonds is 1. The largest absolute Gasteiger partial charge is 0.481 e. The van der Waals surface area contributed by atoms with Gasteiger partial charge < -0.3 is 5.11 Å². The van der Waals surface area contributed by atoms with Gasteiger partial charge in [0.15, 0.2) is 0 Å². The zero-order chi connectivity index (χ0) is 9.85. The van der Waals surface area contributed by atoms with E-state index in [-0.39, 0.29) is 5.41 Å². The van der Waals surface area contributed by atoms with Gasteiger partial charge in [-0.1, -0.05) is 28.9 Å². The summed E-state index contributed by atoms with van der Waals surface area (Å²) in [6, 6.07) is 0. The Morgan fingerprint density at radius 2 is 2.31 bits per heavy atom. The van der Waals surface area contributed by atoms with E-state index in [0.29, 0.717) is 5.92 Å². The van der Waals surface area contributed by atoms with Crippen LogP contribution in [0.15, 0.2) is 10.6 Å². The van der Waals surface area contributed by atoms with Crippen LogP contribution in [0, 0.1) is 16.7 Å². The van der Waals surface area contributed by atoms with Crippen molar-refractivity contribution in [2.45, 2.75) is 26.7 Å². The second-order valence-electron chi connectivity index (χ2n) is 4.54. The highest BCUT2D eigenvalue weighted by molar-refractivity contribution is 9.11. The molecule has 0 aromatic rings. The van der Waals surface area contributed by atoms with E-state index in [0.717, 1.165) is 12.8 Å². The summed E-state index contributed by atoms with van der Waals surface area (Å²) in [5.41, 5.74) is -0.688. The quantitative estimate of drug-likeness (QED) is 0.771. The second kappa shape index (κ2) is 2.38. The molecule has 0 unspecified atom stereocenters. The highest BCUT2D eigenvalue weighted by Gasteiger charge is 2.62. The molecular weight excluding hydrogens is 232 g/mol. The first-order valence-corrected chi connectivity index (χ1v) is 5.33. The average Bonchev–Trinajstić information content (AvgIpc) is 2.22. The maximum Gasteiger partial charge on any atom is 0.310 e. The minimum atomic E-state index is -0.659. The topological polar surface area (TPSA) is 37.3 Å². The summed E-state index contributed by atoms with van der Waals surface area (Å²) in [7, 11) is 0. The van der Waals surface area contributed by atoms with E-state index in [1.54, 1.807) is 0 Å². The van der Waals surface area contributed by atoms with Crippen LogP contribution in [0.3, 0.4) is 0 Å². The van der Waals surface area contributed by atoms with Crippen molar-refractivity contribution in [3.63, 3.8) is 0 Å². The maximum absolute atomic E-state index is 11.2. The van der Waals surface area contributed by atoms with Gasteiger partial charge in [0.1, 0.15) is 0 Å². The summed E-state index contributed by atoms with van der Waals surface area (Å²) in [6.45, 7) is 3.93. The first-order chi connectivity index (χ1) is 5.92. The first-order valence-electron chi connectivity index (χ1n) is 4.53. The summed E-state index contributed by atoms with van der Waals surface area (Å²) < 4.78 is 1.19. The summed E-state index contributed by atoms with van der Waals surface area (Å²) in [5, 5.41) is 9.20. The summed E-state index contributed by atoms with van der Waals surface area (Å²) >= 11 is 3.47. The number of aliphatic carboxylic acids is 1. The molecule has 0 radical (unpaired) electrons. The number of allylic oxidation sites excluding steroid dienone is 2. The minimum absolute atomic E-state index is 0.127. The molecule has 2 rings (SSSR count). The number of halogens is 1. The lowest BCUT2D eigenvalue weighted by Crippen LogP contribution is -2.45. The van der Waals surface area contributed by atoms with E-state index < -0.39 is 11.4 Å². The summed E-state index contributed by atoms with van der Waals surface area (Å²) in [4.78, 5) is 11.2. The third-order valence-corrected chi connectivity index (χ3v) is 4.87.